The zero-order chi connectivity index (χ0) is 15.9. The summed E-state index contributed by atoms with van der Waals surface area (Å²) in [4.78, 5) is 0.313. The number of benzene rings is 1. The van der Waals surface area contributed by atoms with E-state index in [0.29, 0.717) is 15.9 Å². The van der Waals surface area contributed by atoms with Gasteiger partial charge in [0.05, 0.1) is 4.90 Å². The fraction of sp³-hybridized carbons (Fsp3) is 0.625. The smallest absolute Gasteiger partial charge is 0.211 e. The monoisotopic (exact) mass is 375 g/mol. The van der Waals surface area contributed by atoms with Gasteiger partial charge in [-0.05, 0) is 52.9 Å². The van der Waals surface area contributed by atoms with Gasteiger partial charge in [0.2, 0.25) is 10.0 Å². The molecule has 120 valence electrons. The minimum atomic E-state index is -3.41. The Morgan fingerprint density at radius 2 is 1.81 bits per heavy atom. The average molecular weight is 376 g/mol. The molecule has 0 bridgehead atoms. The van der Waals surface area contributed by atoms with Crippen LogP contribution in [0.2, 0.25) is 0 Å². The molecule has 0 saturated carbocycles. The van der Waals surface area contributed by atoms with E-state index >= 15 is 0 Å². The molecule has 0 aliphatic carbocycles. The van der Waals surface area contributed by atoms with Crippen LogP contribution in [0.1, 0.15) is 51.5 Å². The predicted molar refractivity (Wildman–Crippen MR) is 92.0 cm³/mol. The molecule has 0 saturated heterocycles. The first kappa shape index (κ1) is 18.7. The maximum atomic E-state index is 12.2. The van der Waals surface area contributed by atoms with E-state index < -0.39 is 10.0 Å². The van der Waals surface area contributed by atoms with Crippen LogP contribution in [-0.4, -0.2) is 15.0 Å². The summed E-state index contributed by atoms with van der Waals surface area (Å²) in [6.45, 7) is 6.90. The molecule has 3 nitrogen and oxygen atoms in total. The van der Waals surface area contributed by atoms with E-state index in [-0.39, 0.29) is 0 Å². The van der Waals surface area contributed by atoms with E-state index in [1.54, 1.807) is 6.07 Å². The molecule has 0 amide bonds. The van der Waals surface area contributed by atoms with Gasteiger partial charge in [-0.25, -0.2) is 13.1 Å². The van der Waals surface area contributed by atoms with E-state index in [1.165, 1.54) is 19.3 Å². The Morgan fingerprint density at radius 1 is 1.14 bits per heavy atom. The minimum absolute atomic E-state index is 0.313. The largest absolute Gasteiger partial charge is 0.241 e. The van der Waals surface area contributed by atoms with Gasteiger partial charge in [0.1, 0.15) is 0 Å². The standard InChI is InChI=1S/C16H26BrNO2S/c1-13(2)8-6-4-5-7-11-18-21(19,20)16-10-9-14(3)12-15(16)17/h9-10,12-13,18H,4-8,11H2,1-3H3. The number of sulfonamides is 1. The van der Waals surface area contributed by atoms with E-state index in [2.05, 4.69) is 34.5 Å². The van der Waals surface area contributed by atoms with Crippen LogP contribution >= 0.6 is 15.9 Å². The number of nitrogens with one attached hydrogen (secondary N) is 1. The second-order valence-corrected chi connectivity index (χ2v) is 8.52. The van der Waals surface area contributed by atoms with Crippen molar-refractivity contribution in [2.75, 3.05) is 6.54 Å². The van der Waals surface area contributed by atoms with E-state index in [1.807, 2.05) is 19.1 Å². The lowest BCUT2D eigenvalue weighted by atomic mass is 10.0. The Balaban J connectivity index is 2.37. The van der Waals surface area contributed by atoms with Crippen LogP contribution in [0, 0.1) is 12.8 Å². The van der Waals surface area contributed by atoms with Gasteiger partial charge in [0, 0.05) is 11.0 Å². The van der Waals surface area contributed by atoms with Gasteiger partial charge in [-0.15, -0.1) is 0 Å². The van der Waals surface area contributed by atoms with Crippen LogP contribution in [0.25, 0.3) is 0 Å². The lowest BCUT2D eigenvalue weighted by Gasteiger charge is -2.09. The molecule has 0 spiro atoms. The summed E-state index contributed by atoms with van der Waals surface area (Å²) < 4.78 is 27.7. The van der Waals surface area contributed by atoms with Gasteiger partial charge in [-0.3, -0.25) is 0 Å². The highest BCUT2D eigenvalue weighted by Gasteiger charge is 2.16. The molecule has 0 aliphatic rings. The Morgan fingerprint density at radius 3 is 2.43 bits per heavy atom. The van der Waals surface area contributed by atoms with Crippen LogP contribution in [-0.2, 0) is 10.0 Å². The van der Waals surface area contributed by atoms with Crippen molar-refractivity contribution in [1.82, 2.24) is 4.72 Å². The van der Waals surface area contributed by atoms with Crippen molar-refractivity contribution < 1.29 is 8.42 Å². The molecule has 0 aromatic heterocycles. The van der Waals surface area contributed by atoms with Crippen molar-refractivity contribution >= 4 is 26.0 Å². The van der Waals surface area contributed by atoms with Crippen molar-refractivity contribution in [2.45, 2.75) is 57.8 Å². The molecule has 0 fully saturated rings. The molecular formula is C16H26BrNO2S. The fourth-order valence-corrected chi connectivity index (χ4v) is 4.40. The highest BCUT2D eigenvalue weighted by molar-refractivity contribution is 9.10. The Bertz CT molecular complexity index is 541. The summed E-state index contributed by atoms with van der Waals surface area (Å²) in [6.07, 6.45) is 5.62. The maximum absolute atomic E-state index is 12.2. The Labute approximate surface area is 137 Å². The molecule has 0 aliphatic heterocycles. The van der Waals surface area contributed by atoms with Gasteiger partial charge in [0.15, 0.2) is 0 Å². The number of hydrogen-bond acceptors (Lipinski definition) is 2. The highest BCUT2D eigenvalue weighted by atomic mass is 79.9. The Kier molecular flexibility index (Phi) is 7.92. The molecule has 0 heterocycles. The van der Waals surface area contributed by atoms with E-state index in [9.17, 15) is 8.42 Å². The SMILES string of the molecule is Cc1ccc(S(=O)(=O)NCCCCCCC(C)C)c(Br)c1. The second kappa shape index (κ2) is 8.91. The van der Waals surface area contributed by atoms with Crippen molar-refractivity contribution in [3.05, 3.63) is 28.2 Å². The molecule has 1 N–H and O–H groups in total. The lowest BCUT2D eigenvalue weighted by Crippen LogP contribution is -2.25. The zero-order valence-corrected chi connectivity index (χ0v) is 15.6. The third kappa shape index (κ3) is 6.94. The van der Waals surface area contributed by atoms with Gasteiger partial charge < -0.3 is 0 Å². The fourth-order valence-electron chi connectivity index (χ4n) is 2.14. The van der Waals surface area contributed by atoms with Crippen LogP contribution in [0.4, 0.5) is 0 Å². The van der Waals surface area contributed by atoms with Crippen molar-refractivity contribution in [3.8, 4) is 0 Å². The summed E-state index contributed by atoms with van der Waals surface area (Å²) in [6, 6.07) is 5.27. The molecule has 5 heteroatoms. The highest BCUT2D eigenvalue weighted by Crippen LogP contribution is 2.22. The lowest BCUT2D eigenvalue weighted by molar-refractivity contribution is 0.517. The first-order valence-corrected chi connectivity index (χ1v) is 9.86. The molecule has 21 heavy (non-hydrogen) atoms. The van der Waals surface area contributed by atoms with Gasteiger partial charge in [0.25, 0.3) is 0 Å². The predicted octanol–water partition coefficient (Wildman–Crippen LogP) is 4.64. The molecule has 1 aromatic carbocycles. The number of unbranched alkanes of at least 4 members (excludes halogenated alkanes) is 3. The third-order valence-corrected chi connectivity index (χ3v) is 5.81. The molecule has 1 rings (SSSR count). The van der Waals surface area contributed by atoms with Crippen LogP contribution < -0.4 is 4.72 Å². The zero-order valence-electron chi connectivity index (χ0n) is 13.2. The van der Waals surface area contributed by atoms with E-state index in [0.717, 1.165) is 24.3 Å². The number of aryl methyl sites for hydroxylation is 1. The van der Waals surface area contributed by atoms with Crippen LogP contribution in [0.5, 0.6) is 0 Å². The van der Waals surface area contributed by atoms with Crippen molar-refractivity contribution in [1.29, 1.82) is 0 Å². The Hall–Kier alpha value is -0.390. The minimum Gasteiger partial charge on any atom is -0.211 e. The number of halogens is 1. The summed E-state index contributed by atoms with van der Waals surface area (Å²) >= 11 is 3.32. The summed E-state index contributed by atoms with van der Waals surface area (Å²) in [5, 5.41) is 0. The molecular weight excluding hydrogens is 350 g/mol. The molecule has 0 atom stereocenters. The van der Waals surface area contributed by atoms with Gasteiger partial charge in [-0.1, -0.05) is 45.6 Å². The van der Waals surface area contributed by atoms with E-state index in [4.69, 9.17) is 0 Å². The quantitative estimate of drug-likeness (QED) is 0.638. The maximum Gasteiger partial charge on any atom is 0.241 e. The van der Waals surface area contributed by atoms with Gasteiger partial charge in [-0.2, -0.15) is 0 Å². The summed E-state index contributed by atoms with van der Waals surface area (Å²) in [5.41, 5.74) is 1.03. The summed E-state index contributed by atoms with van der Waals surface area (Å²) in [5.74, 6) is 0.752. The topological polar surface area (TPSA) is 46.2 Å². The molecule has 1 aromatic rings. The molecule has 0 radical (unpaired) electrons. The summed E-state index contributed by atoms with van der Waals surface area (Å²) in [7, 11) is -3.41. The second-order valence-electron chi connectivity index (χ2n) is 5.93. The van der Waals surface area contributed by atoms with Crippen molar-refractivity contribution in [3.63, 3.8) is 0 Å². The first-order chi connectivity index (χ1) is 9.83. The first-order valence-electron chi connectivity index (χ1n) is 7.59. The normalized spacial score (nSPS) is 12.0. The van der Waals surface area contributed by atoms with Crippen LogP contribution in [0.15, 0.2) is 27.6 Å². The average Bonchev–Trinajstić information content (AvgIpc) is 2.36. The third-order valence-electron chi connectivity index (χ3n) is 3.38. The number of hydrogen-bond donors (Lipinski definition) is 1. The molecule has 0 unspecified atom stereocenters. The van der Waals surface area contributed by atoms with Gasteiger partial charge >= 0.3 is 0 Å². The van der Waals surface area contributed by atoms with Crippen molar-refractivity contribution in [2.24, 2.45) is 5.92 Å². The number of rotatable bonds is 9. The van der Waals surface area contributed by atoms with Crippen LogP contribution in [0.3, 0.4) is 0 Å².